The normalized spacial score (nSPS) is 13.0. The number of unbranched alkanes of at least 4 members (excludes halogenated alkanes) is 37. The van der Waals surface area contributed by atoms with Gasteiger partial charge >= 0.3 is 5.97 Å². The number of esters is 1. The Bertz CT molecular complexity index is 1220. The number of carbonyl (C=O) groups is 2. The number of ether oxygens (including phenoxy) is 1. The Morgan fingerprint density at radius 1 is 0.400 bits per heavy atom. The van der Waals surface area contributed by atoms with Crippen LogP contribution in [0.2, 0.25) is 0 Å². The molecule has 0 bridgehead atoms. The minimum Gasteiger partial charge on any atom is -0.466 e. The van der Waals surface area contributed by atoms with Crippen LogP contribution in [0.4, 0.5) is 0 Å². The Morgan fingerprint density at radius 3 is 1.13 bits per heavy atom. The maximum atomic E-state index is 12.4. The summed E-state index contributed by atoms with van der Waals surface area (Å²) in [5, 5.41) is 23.0. The van der Waals surface area contributed by atoms with Crippen molar-refractivity contribution in [3.8, 4) is 0 Å². The first kappa shape index (κ1) is 67.6. The number of hydrogen-bond acceptors (Lipinski definition) is 5. The zero-order chi connectivity index (χ0) is 50.7. The van der Waals surface area contributed by atoms with E-state index in [2.05, 4.69) is 67.8 Å². The molecule has 1 amide bonds. The highest BCUT2D eigenvalue weighted by Gasteiger charge is 2.18. The van der Waals surface area contributed by atoms with Crippen LogP contribution in [0.5, 0.6) is 0 Å². The van der Waals surface area contributed by atoms with Crippen molar-refractivity contribution in [3.05, 3.63) is 60.8 Å². The largest absolute Gasteiger partial charge is 0.466 e. The van der Waals surface area contributed by atoms with E-state index in [1.54, 1.807) is 6.08 Å². The second-order valence-electron chi connectivity index (χ2n) is 20.7. The highest BCUT2D eigenvalue weighted by atomic mass is 16.5. The topological polar surface area (TPSA) is 95.9 Å². The molecule has 0 radical (unpaired) electrons. The van der Waals surface area contributed by atoms with Gasteiger partial charge in [-0.15, -0.1) is 0 Å². The van der Waals surface area contributed by atoms with Gasteiger partial charge in [0.05, 0.1) is 25.4 Å². The number of nitrogens with one attached hydrogen (secondary N) is 1. The molecule has 0 fully saturated rings. The maximum absolute atomic E-state index is 12.4. The average molecular weight is 981 g/mol. The molecule has 6 heteroatoms. The summed E-state index contributed by atoms with van der Waals surface area (Å²) in [6.45, 7) is 4.83. The summed E-state index contributed by atoms with van der Waals surface area (Å²) >= 11 is 0. The fourth-order valence-corrected chi connectivity index (χ4v) is 9.03. The van der Waals surface area contributed by atoms with Crippen molar-refractivity contribution in [1.29, 1.82) is 0 Å². The number of amides is 1. The zero-order valence-corrected chi connectivity index (χ0v) is 46.5. The van der Waals surface area contributed by atoms with Gasteiger partial charge in [0.25, 0.3) is 0 Å². The molecule has 0 spiro atoms. The van der Waals surface area contributed by atoms with E-state index in [4.69, 9.17) is 4.74 Å². The summed E-state index contributed by atoms with van der Waals surface area (Å²) < 4.78 is 5.47. The fourth-order valence-electron chi connectivity index (χ4n) is 9.03. The number of rotatable bonds is 56. The molecule has 3 N–H and O–H groups in total. The predicted octanol–water partition coefficient (Wildman–Crippen LogP) is 19.1. The highest BCUT2D eigenvalue weighted by molar-refractivity contribution is 5.76. The maximum Gasteiger partial charge on any atom is 0.305 e. The van der Waals surface area contributed by atoms with Gasteiger partial charge in [0.15, 0.2) is 0 Å². The average Bonchev–Trinajstić information content (AvgIpc) is 3.36. The van der Waals surface area contributed by atoms with Crippen LogP contribution >= 0.6 is 0 Å². The molecule has 6 nitrogen and oxygen atoms in total. The van der Waals surface area contributed by atoms with Gasteiger partial charge in [-0.05, 0) is 89.9 Å². The van der Waals surface area contributed by atoms with Gasteiger partial charge in [-0.25, -0.2) is 0 Å². The van der Waals surface area contributed by atoms with E-state index in [1.807, 2.05) is 6.08 Å². The third-order valence-electron chi connectivity index (χ3n) is 13.8. The quantitative estimate of drug-likeness (QED) is 0.0321. The molecule has 0 saturated carbocycles. The molecule has 70 heavy (non-hydrogen) atoms. The Labute approximate surface area is 435 Å². The van der Waals surface area contributed by atoms with E-state index in [1.165, 1.54) is 225 Å². The summed E-state index contributed by atoms with van der Waals surface area (Å²) in [6, 6.07) is -0.628. The molecule has 0 aromatic heterocycles. The van der Waals surface area contributed by atoms with E-state index in [9.17, 15) is 19.8 Å². The molecule has 0 rings (SSSR count). The molecular weight excluding hydrogens is 863 g/mol. The van der Waals surface area contributed by atoms with Gasteiger partial charge in [-0.3, -0.25) is 9.59 Å². The van der Waals surface area contributed by atoms with Crippen molar-refractivity contribution in [3.63, 3.8) is 0 Å². The van der Waals surface area contributed by atoms with Gasteiger partial charge < -0.3 is 20.3 Å². The standard InChI is InChI=1S/C64H117NO5/c1-3-5-7-9-11-13-15-16-35-38-42-46-50-54-58-64(69)70-59-55-51-47-43-39-36-33-31-29-27-25-23-21-19-17-18-20-22-24-26-28-30-32-34-37-41-45-49-53-57-63(68)65-61(60-66)62(67)56-52-48-44-40-14-12-10-8-6-4-2/h9,11,15-17,19,23,25,52,56,61-62,66-67H,3-8,10,12-14,18,20-22,24,26-51,53-55,57-60H2,1-2H3,(H,65,68)/b11-9-,16-15-,19-17-,25-23-,56-52+. The molecule has 0 aromatic carbocycles. The SMILES string of the molecule is CCCC/C=C\C/C=C\CCCCCCCC(=O)OCCCCCCCCCCC/C=C\C/C=C\CCCCCCCCCCCCCCCC(=O)NC(CO)C(O)/C=C/CCCCCCCCCC. The molecule has 0 aliphatic carbocycles. The first-order valence-corrected chi connectivity index (χ1v) is 30.6. The molecule has 0 aliphatic rings. The summed E-state index contributed by atoms with van der Waals surface area (Å²) in [5.74, 6) is -0.0753. The monoisotopic (exact) mass is 980 g/mol. The number of allylic oxidation sites excluding steroid dienone is 9. The second kappa shape index (κ2) is 59.1. The van der Waals surface area contributed by atoms with Crippen LogP contribution < -0.4 is 5.32 Å². The third-order valence-corrected chi connectivity index (χ3v) is 13.8. The summed E-state index contributed by atoms with van der Waals surface area (Å²) in [4.78, 5) is 24.4. The summed E-state index contributed by atoms with van der Waals surface area (Å²) in [7, 11) is 0. The van der Waals surface area contributed by atoms with Crippen molar-refractivity contribution in [1.82, 2.24) is 5.32 Å². The lowest BCUT2D eigenvalue weighted by molar-refractivity contribution is -0.143. The van der Waals surface area contributed by atoms with E-state index in [0.29, 0.717) is 19.4 Å². The molecule has 0 heterocycles. The Balaban J connectivity index is 3.41. The minimum atomic E-state index is -0.844. The van der Waals surface area contributed by atoms with Crippen LogP contribution in [-0.2, 0) is 14.3 Å². The summed E-state index contributed by atoms with van der Waals surface area (Å²) in [6.07, 6.45) is 77.0. The van der Waals surface area contributed by atoms with E-state index >= 15 is 0 Å². The fraction of sp³-hybridized carbons (Fsp3) is 0.812. The van der Waals surface area contributed by atoms with Crippen molar-refractivity contribution in [2.45, 2.75) is 321 Å². The van der Waals surface area contributed by atoms with Crippen LogP contribution in [0.1, 0.15) is 309 Å². The van der Waals surface area contributed by atoms with Crippen molar-refractivity contribution < 1.29 is 24.5 Å². The lowest BCUT2D eigenvalue weighted by Crippen LogP contribution is -2.45. The molecule has 2 unspecified atom stereocenters. The Kier molecular flexibility index (Phi) is 57.1. The van der Waals surface area contributed by atoms with E-state index < -0.39 is 12.1 Å². The lowest BCUT2D eigenvalue weighted by atomic mass is 10.0. The molecule has 0 aromatic rings. The van der Waals surface area contributed by atoms with Gasteiger partial charge in [0, 0.05) is 12.8 Å². The van der Waals surface area contributed by atoms with Crippen LogP contribution in [-0.4, -0.2) is 47.4 Å². The molecule has 408 valence electrons. The smallest absolute Gasteiger partial charge is 0.305 e. The van der Waals surface area contributed by atoms with Gasteiger partial charge in [-0.2, -0.15) is 0 Å². The summed E-state index contributed by atoms with van der Waals surface area (Å²) in [5.41, 5.74) is 0. The zero-order valence-electron chi connectivity index (χ0n) is 46.5. The van der Waals surface area contributed by atoms with Crippen LogP contribution in [0.25, 0.3) is 0 Å². The minimum absolute atomic E-state index is 0.00378. The van der Waals surface area contributed by atoms with E-state index in [-0.39, 0.29) is 18.5 Å². The second-order valence-corrected chi connectivity index (χ2v) is 20.7. The van der Waals surface area contributed by atoms with Crippen molar-refractivity contribution in [2.75, 3.05) is 13.2 Å². The number of aliphatic hydroxyl groups is 2. The van der Waals surface area contributed by atoms with Crippen LogP contribution in [0.15, 0.2) is 60.8 Å². The number of aliphatic hydroxyl groups excluding tert-OH is 2. The van der Waals surface area contributed by atoms with Gasteiger partial charge in [0.2, 0.25) is 5.91 Å². The predicted molar refractivity (Wildman–Crippen MR) is 305 cm³/mol. The van der Waals surface area contributed by atoms with Crippen LogP contribution in [0.3, 0.4) is 0 Å². The third kappa shape index (κ3) is 54.9. The highest BCUT2D eigenvalue weighted by Crippen LogP contribution is 2.16. The van der Waals surface area contributed by atoms with Crippen molar-refractivity contribution in [2.24, 2.45) is 0 Å². The van der Waals surface area contributed by atoms with Gasteiger partial charge in [-0.1, -0.05) is 267 Å². The Hall–Kier alpha value is -2.44. The van der Waals surface area contributed by atoms with Gasteiger partial charge in [0.1, 0.15) is 0 Å². The molecule has 0 saturated heterocycles. The first-order chi connectivity index (χ1) is 34.5. The number of hydrogen-bond donors (Lipinski definition) is 3. The Morgan fingerprint density at radius 2 is 0.729 bits per heavy atom. The molecule has 2 atom stereocenters. The first-order valence-electron chi connectivity index (χ1n) is 30.6. The molecular formula is C64H117NO5. The molecule has 0 aliphatic heterocycles. The van der Waals surface area contributed by atoms with E-state index in [0.717, 1.165) is 57.8 Å². The lowest BCUT2D eigenvalue weighted by Gasteiger charge is -2.20. The van der Waals surface area contributed by atoms with Crippen molar-refractivity contribution >= 4 is 11.9 Å². The van der Waals surface area contributed by atoms with Crippen LogP contribution in [0, 0.1) is 0 Å². The number of carbonyl (C=O) groups excluding carboxylic acids is 2.